The van der Waals surface area contributed by atoms with Crippen molar-refractivity contribution in [2.75, 3.05) is 13.1 Å². The van der Waals surface area contributed by atoms with Crippen LogP contribution in [0.3, 0.4) is 0 Å². The number of nitrogens with zero attached hydrogens (tertiary/aromatic N) is 2. The van der Waals surface area contributed by atoms with Gasteiger partial charge in [0.25, 0.3) is 0 Å². The summed E-state index contributed by atoms with van der Waals surface area (Å²) in [4.78, 5) is 18.4. The quantitative estimate of drug-likeness (QED) is 0.900. The zero-order valence-electron chi connectivity index (χ0n) is 12.2. The van der Waals surface area contributed by atoms with E-state index in [1.165, 1.54) is 12.0 Å². The van der Waals surface area contributed by atoms with Crippen molar-refractivity contribution in [1.29, 1.82) is 0 Å². The third-order valence-electron chi connectivity index (χ3n) is 3.82. The summed E-state index contributed by atoms with van der Waals surface area (Å²) in [6, 6.07) is 4.31. The lowest BCUT2D eigenvalue weighted by Crippen LogP contribution is -2.44. The minimum Gasteiger partial charge on any atom is -0.340 e. The molecule has 2 N–H and O–H groups in total. The largest absolute Gasteiger partial charge is 0.340 e. The summed E-state index contributed by atoms with van der Waals surface area (Å²) in [5.41, 5.74) is 6.82. The highest BCUT2D eigenvalue weighted by atomic mass is 35.5. The van der Waals surface area contributed by atoms with E-state index in [9.17, 15) is 4.79 Å². The summed E-state index contributed by atoms with van der Waals surface area (Å²) >= 11 is 0. The molecule has 1 atom stereocenters. The second kappa shape index (κ2) is 10.8. The van der Waals surface area contributed by atoms with Crippen molar-refractivity contribution in [3.8, 4) is 0 Å². The summed E-state index contributed by atoms with van der Waals surface area (Å²) in [7, 11) is 0. The molecule has 1 aliphatic heterocycles. The van der Waals surface area contributed by atoms with Gasteiger partial charge in [0.15, 0.2) is 0 Å². The Morgan fingerprint density at radius 1 is 1.29 bits per heavy atom. The molecule has 1 aromatic rings. The first kappa shape index (κ1) is 20.2. The standard InChI is InChI=1S/C15H23N3O.2ClH/c16-9-6-14-3-1-2-12-18(14)15(19)5-4-13-7-10-17-11-8-13;;/h7-8,10-11,14H,1-6,9,12,16H2;2*1H. The number of aryl methyl sites for hydroxylation is 1. The van der Waals surface area contributed by atoms with Crippen molar-refractivity contribution >= 4 is 30.7 Å². The predicted octanol–water partition coefficient (Wildman–Crippen LogP) is 2.59. The van der Waals surface area contributed by atoms with Crippen LogP contribution in [0.4, 0.5) is 0 Å². The van der Waals surface area contributed by atoms with Gasteiger partial charge in [-0.1, -0.05) is 0 Å². The number of halogens is 2. The molecule has 1 unspecified atom stereocenters. The number of piperidine rings is 1. The Balaban J connectivity index is 0.00000200. The van der Waals surface area contributed by atoms with Gasteiger partial charge in [-0.05, 0) is 56.3 Å². The van der Waals surface area contributed by atoms with Crippen LogP contribution in [0.25, 0.3) is 0 Å². The fourth-order valence-corrected chi connectivity index (χ4v) is 2.77. The lowest BCUT2D eigenvalue weighted by atomic mass is 9.98. The van der Waals surface area contributed by atoms with Crippen LogP contribution in [0.2, 0.25) is 0 Å². The molecule has 0 saturated carbocycles. The van der Waals surface area contributed by atoms with E-state index in [1.54, 1.807) is 12.4 Å². The van der Waals surface area contributed by atoms with E-state index in [2.05, 4.69) is 9.88 Å². The topological polar surface area (TPSA) is 59.2 Å². The third-order valence-corrected chi connectivity index (χ3v) is 3.82. The lowest BCUT2D eigenvalue weighted by molar-refractivity contribution is -0.134. The van der Waals surface area contributed by atoms with Gasteiger partial charge >= 0.3 is 0 Å². The molecular formula is C15H25Cl2N3O. The van der Waals surface area contributed by atoms with E-state index in [0.717, 1.165) is 32.2 Å². The van der Waals surface area contributed by atoms with Gasteiger partial charge in [-0.3, -0.25) is 9.78 Å². The maximum Gasteiger partial charge on any atom is 0.223 e. The highest BCUT2D eigenvalue weighted by Gasteiger charge is 2.25. The van der Waals surface area contributed by atoms with Gasteiger partial charge in [-0.15, -0.1) is 24.8 Å². The van der Waals surface area contributed by atoms with Gasteiger partial charge in [-0.2, -0.15) is 0 Å². The average Bonchev–Trinajstić information content (AvgIpc) is 2.47. The monoisotopic (exact) mass is 333 g/mol. The number of hydrogen-bond donors (Lipinski definition) is 1. The molecule has 1 saturated heterocycles. The second-order valence-corrected chi connectivity index (χ2v) is 5.17. The zero-order valence-corrected chi connectivity index (χ0v) is 13.9. The summed E-state index contributed by atoms with van der Waals surface area (Å²) in [5.74, 6) is 0.273. The molecule has 2 rings (SSSR count). The fourth-order valence-electron chi connectivity index (χ4n) is 2.77. The van der Waals surface area contributed by atoms with Crippen LogP contribution in [0.5, 0.6) is 0 Å². The molecule has 0 aromatic carbocycles. The van der Waals surface area contributed by atoms with E-state index in [0.29, 0.717) is 19.0 Å². The maximum atomic E-state index is 12.3. The third kappa shape index (κ3) is 6.20. The number of amides is 1. The minimum absolute atomic E-state index is 0. The average molecular weight is 334 g/mol. The molecule has 21 heavy (non-hydrogen) atoms. The molecule has 4 nitrogen and oxygen atoms in total. The van der Waals surface area contributed by atoms with E-state index in [1.807, 2.05) is 12.1 Å². The van der Waals surface area contributed by atoms with Gasteiger partial charge in [0.05, 0.1) is 0 Å². The number of carbonyl (C=O) groups excluding carboxylic acids is 1. The Kier molecular flexibility index (Phi) is 10.4. The summed E-state index contributed by atoms with van der Waals surface area (Å²) in [6.45, 7) is 1.57. The molecule has 1 amide bonds. The second-order valence-electron chi connectivity index (χ2n) is 5.17. The molecule has 1 fully saturated rings. The number of rotatable bonds is 5. The Labute approximate surface area is 139 Å². The van der Waals surface area contributed by atoms with Crippen molar-refractivity contribution in [3.05, 3.63) is 30.1 Å². The molecule has 0 bridgehead atoms. The normalized spacial score (nSPS) is 17.6. The number of nitrogens with two attached hydrogens (primary N) is 1. The van der Waals surface area contributed by atoms with Gasteiger partial charge < -0.3 is 10.6 Å². The highest BCUT2D eigenvalue weighted by Crippen LogP contribution is 2.20. The molecule has 120 valence electrons. The molecule has 0 aliphatic carbocycles. The summed E-state index contributed by atoms with van der Waals surface area (Å²) < 4.78 is 0. The zero-order chi connectivity index (χ0) is 13.5. The van der Waals surface area contributed by atoms with Crippen LogP contribution in [0.15, 0.2) is 24.5 Å². The van der Waals surface area contributed by atoms with Crippen LogP contribution in [0.1, 0.15) is 37.7 Å². The molecule has 1 aliphatic rings. The highest BCUT2D eigenvalue weighted by molar-refractivity contribution is 5.85. The van der Waals surface area contributed by atoms with Crippen molar-refractivity contribution in [3.63, 3.8) is 0 Å². The molecule has 2 heterocycles. The lowest BCUT2D eigenvalue weighted by Gasteiger charge is -2.35. The molecule has 6 heteroatoms. The number of aromatic nitrogens is 1. The maximum absolute atomic E-state index is 12.3. The Morgan fingerprint density at radius 3 is 2.67 bits per heavy atom. The van der Waals surface area contributed by atoms with E-state index in [4.69, 9.17) is 5.73 Å². The van der Waals surface area contributed by atoms with Crippen molar-refractivity contribution < 1.29 is 4.79 Å². The van der Waals surface area contributed by atoms with Crippen molar-refractivity contribution in [1.82, 2.24) is 9.88 Å². The minimum atomic E-state index is 0. The number of carbonyl (C=O) groups is 1. The Morgan fingerprint density at radius 2 is 2.00 bits per heavy atom. The van der Waals surface area contributed by atoms with Gasteiger partial charge in [-0.25, -0.2) is 0 Å². The molecule has 0 spiro atoms. The molecular weight excluding hydrogens is 309 g/mol. The first-order valence-electron chi connectivity index (χ1n) is 7.19. The van der Waals surface area contributed by atoms with Gasteiger partial charge in [0.2, 0.25) is 5.91 Å². The first-order chi connectivity index (χ1) is 9.31. The molecule has 0 radical (unpaired) electrons. The Bertz CT molecular complexity index is 401. The SMILES string of the molecule is Cl.Cl.NCCC1CCCCN1C(=O)CCc1ccncc1. The molecule has 1 aromatic heterocycles. The van der Waals surface area contributed by atoms with E-state index in [-0.39, 0.29) is 30.7 Å². The van der Waals surface area contributed by atoms with Gasteiger partial charge in [0, 0.05) is 31.4 Å². The van der Waals surface area contributed by atoms with Crippen molar-refractivity contribution in [2.24, 2.45) is 5.73 Å². The number of hydrogen-bond acceptors (Lipinski definition) is 3. The van der Waals surface area contributed by atoms with Crippen LogP contribution in [-0.4, -0.2) is 34.9 Å². The fraction of sp³-hybridized carbons (Fsp3) is 0.600. The smallest absolute Gasteiger partial charge is 0.223 e. The van der Waals surface area contributed by atoms with Crippen LogP contribution in [0, 0.1) is 0 Å². The number of pyridine rings is 1. The first-order valence-corrected chi connectivity index (χ1v) is 7.19. The van der Waals surface area contributed by atoms with E-state index >= 15 is 0 Å². The van der Waals surface area contributed by atoms with E-state index < -0.39 is 0 Å². The van der Waals surface area contributed by atoms with Gasteiger partial charge in [0.1, 0.15) is 0 Å². The Hall–Kier alpha value is -0.840. The predicted molar refractivity (Wildman–Crippen MR) is 90.1 cm³/mol. The van der Waals surface area contributed by atoms with Crippen LogP contribution in [-0.2, 0) is 11.2 Å². The van der Waals surface area contributed by atoms with Crippen molar-refractivity contribution in [2.45, 2.75) is 44.6 Å². The summed E-state index contributed by atoms with van der Waals surface area (Å²) in [6.07, 6.45) is 9.33. The number of likely N-dealkylation sites (tertiary alicyclic amines) is 1. The summed E-state index contributed by atoms with van der Waals surface area (Å²) in [5, 5.41) is 0. The van der Waals surface area contributed by atoms with Crippen LogP contribution < -0.4 is 5.73 Å². The van der Waals surface area contributed by atoms with Crippen LogP contribution >= 0.6 is 24.8 Å².